The number of amides is 2. The number of hydrogen-bond acceptors (Lipinski definition) is 3. The zero-order valence-corrected chi connectivity index (χ0v) is 12.7. The summed E-state index contributed by atoms with van der Waals surface area (Å²) >= 11 is 0. The summed E-state index contributed by atoms with van der Waals surface area (Å²) in [5.74, 6) is 0.287. The van der Waals surface area contributed by atoms with Crippen LogP contribution in [0.25, 0.3) is 0 Å². The lowest BCUT2D eigenvalue weighted by atomic mass is 9.95. The summed E-state index contributed by atoms with van der Waals surface area (Å²) in [7, 11) is 0. The first-order valence-electron chi connectivity index (χ1n) is 7.50. The number of carbonyl (C=O) groups is 2. The van der Waals surface area contributed by atoms with Crippen LogP contribution in [0.5, 0.6) is 0 Å². The summed E-state index contributed by atoms with van der Waals surface area (Å²) < 4.78 is 0. The molecule has 0 spiro atoms. The Morgan fingerprint density at radius 2 is 2.00 bits per heavy atom. The molecule has 1 fully saturated rings. The van der Waals surface area contributed by atoms with Crippen molar-refractivity contribution in [3.63, 3.8) is 0 Å². The van der Waals surface area contributed by atoms with Crippen LogP contribution in [0.4, 0.5) is 0 Å². The third kappa shape index (κ3) is 4.96. The van der Waals surface area contributed by atoms with Crippen molar-refractivity contribution in [3.05, 3.63) is 12.7 Å². The van der Waals surface area contributed by atoms with Crippen LogP contribution in [0.3, 0.4) is 0 Å². The van der Waals surface area contributed by atoms with E-state index in [-0.39, 0.29) is 23.8 Å². The second-order valence-corrected chi connectivity index (χ2v) is 5.31. The van der Waals surface area contributed by atoms with Crippen LogP contribution in [-0.4, -0.2) is 48.9 Å². The fourth-order valence-corrected chi connectivity index (χ4v) is 2.43. The second kappa shape index (κ2) is 8.74. The van der Waals surface area contributed by atoms with Crippen molar-refractivity contribution in [1.82, 2.24) is 15.5 Å². The summed E-state index contributed by atoms with van der Waals surface area (Å²) in [4.78, 5) is 25.9. The lowest BCUT2D eigenvalue weighted by Gasteiger charge is -2.34. The largest absolute Gasteiger partial charge is 0.356 e. The molecule has 1 unspecified atom stereocenters. The molecule has 0 aromatic rings. The fourth-order valence-electron chi connectivity index (χ4n) is 2.43. The van der Waals surface area contributed by atoms with E-state index in [1.165, 1.54) is 0 Å². The van der Waals surface area contributed by atoms with Crippen LogP contribution in [0.1, 0.15) is 33.1 Å². The zero-order chi connectivity index (χ0) is 15.0. The first-order chi connectivity index (χ1) is 9.60. The zero-order valence-electron chi connectivity index (χ0n) is 12.7. The van der Waals surface area contributed by atoms with Gasteiger partial charge in [0.2, 0.25) is 11.8 Å². The molecule has 1 saturated heterocycles. The van der Waals surface area contributed by atoms with Gasteiger partial charge in [-0.25, -0.2) is 0 Å². The second-order valence-electron chi connectivity index (χ2n) is 5.31. The van der Waals surface area contributed by atoms with Crippen LogP contribution in [0.2, 0.25) is 0 Å². The van der Waals surface area contributed by atoms with Gasteiger partial charge in [-0.15, -0.1) is 6.58 Å². The SMILES string of the molecule is C=CCNC(=O)C(C)N1CCC(C(=O)NCCC)CC1. The predicted octanol–water partition coefficient (Wildman–Crippen LogP) is 0.915. The minimum Gasteiger partial charge on any atom is -0.356 e. The first-order valence-corrected chi connectivity index (χ1v) is 7.50. The van der Waals surface area contributed by atoms with Gasteiger partial charge in [-0.05, 0) is 39.3 Å². The van der Waals surface area contributed by atoms with Gasteiger partial charge in [0, 0.05) is 19.0 Å². The average molecular weight is 281 g/mol. The highest BCUT2D eigenvalue weighted by Gasteiger charge is 2.29. The van der Waals surface area contributed by atoms with Crippen molar-refractivity contribution in [1.29, 1.82) is 0 Å². The molecule has 5 heteroatoms. The molecule has 1 aliphatic heterocycles. The monoisotopic (exact) mass is 281 g/mol. The molecule has 1 heterocycles. The number of nitrogens with one attached hydrogen (secondary N) is 2. The van der Waals surface area contributed by atoms with E-state index in [0.717, 1.165) is 38.9 Å². The topological polar surface area (TPSA) is 61.4 Å². The number of hydrogen-bond donors (Lipinski definition) is 2. The average Bonchev–Trinajstić information content (AvgIpc) is 2.49. The van der Waals surface area contributed by atoms with Gasteiger partial charge < -0.3 is 10.6 Å². The molecule has 5 nitrogen and oxygen atoms in total. The molecule has 0 radical (unpaired) electrons. The van der Waals surface area contributed by atoms with Crippen LogP contribution in [-0.2, 0) is 9.59 Å². The molecule has 2 amide bonds. The van der Waals surface area contributed by atoms with Crippen molar-refractivity contribution in [2.24, 2.45) is 5.92 Å². The van der Waals surface area contributed by atoms with Gasteiger partial charge in [-0.1, -0.05) is 13.0 Å². The van der Waals surface area contributed by atoms with Gasteiger partial charge in [0.15, 0.2) is 0 Å². The molecular weight excluding hydrogens is 254 g/mol. The normalized spacial score (nSPS) is 18.3. The Labute approximate surface area is 121 Å². The van der Waals surface area contributed by atoms with E-state index in [4.69, 9.17) is 0 Å². The van der Waals surface area contributed by atoms with Crippen molar-refractivity contribution >= 4 is 11.8 Å². The van der Waals surface area contributed by atoms with Gasteiger partial charge in [0.05, 0.1) is 6.04 Å². The van der Waals surface area contributed by atoms with E-state index < -0.39 is 0 Å². The van der Waals surface area contributed by atoms with E-state index in [9.17, 15) is 9.59 Å². The fraction of sp³-hybridized carbons (Fsp3) is 0.733. The van der Waals surface area contributed by atoms with Crippen molar-refractivity contribution < 1.29 is 9.59 Å². The predicted molar refractivity (Wildman–Crippen MR) is 80.3 cm³/mol. The van der Waals surface area contributed by atoms with Crippen LogP contribution in [0.15, 0.2) is 12.7 Å². The third-order valence-electron chi connectivity index (χ3n) is 3.80. The Balaban J connectivity index is 2.35. The summed E-state index contributed by atoms with van der Waals surface area (Å²) in [5.41, 5.74) is 0. The highest BCUT2D eigenvalue weighted by Crippen LogP contribution is 2.19. The Morgan fingerprint density at radius 1 is 1.35 bits per heavy atom. The van der Waals surface area contributed by atoms with Gasteiger partial charge in [0.25, 0.3) is 0 Å². The van der Waals surface area contributed by atoms with Gasteiger partial charge in [0.1, 0.15) is 0 Å². The number of rotatable bonds is 7. The number of nitrogens with zero attached hydrogens (tertiary/aromatic N) is 1. The number of likely N-dealkylation sites (tertiary alicyclic amines) is 1. The standard InChI is InChI=1S/C15H27N3O2/c1-4-8-16-14(19)12(3)18-10-6-13(7-11-18)15(20)17-9-5-2/h4,12-13H,1,5-11H2,2-3H3,(H,16,19)(H,17,20). The summed E-state index contributed by atoms with van der Waals surface area (Å²) in [6.45, 7) is 10.4. The molecule has 114 valence electrons. The maximum atomic E-state index is 11.9. The Morgan fingerprint density at radius 3 is 2.55 bits per heavy atom. The third-order valence-corrected chi connectivity index (χ3v) is 3.80. The van der Waals surface area contributed by atoms with Crippen LogP contribution in [0, 0.1) is 5.92 Å². The Kier molecular flexibility index (Phi) is 7.30. The maximum absolute atomic E-state index is 11.9. The minimum absolute atomic E-state index is 0.0267. The van der Waals surface area contributed by atoms with E-state index in [1.807, 2.05) is 13.8 Å². The minimum atomic E-state index is -0.144. The van der Waals surface area contributed by atoms with Gasteiger partial charge in [-0.2, -0.15) is 0 Å². The summed E-state index contributed by atoms with van der Waals surface area (Å²) in [6.07, 6.45) is 4.29. The number of carbonyl (C=O) groups excluding carboxylic acids is 2. The molecular formula is C15H27N3O2. The van der Waals surface area contributed by atoms with Gasteiger partial charge >= 0.3 is 0 Å². The molecule has 0 aliphatic carbocycles. The highest BCUT2D eigenvalue weighted by atomic mass is 16.2. The van der Waals surface area contributed by atoms with Gasteiger partial charge in [-0.3, -0.25) is 14.5 Å². The molecule has 1 atom stereocenters. The highest BCUT2D eigenvalue weighted by molar-refractivity contribution is 5.81. The Bertz CT molecular complexity index is 336. The smallest absolute Gasteiger partial charge is 0.237 e. The summed E-state index contributed by atoms with van der Waals surface area (Å²) in [5, 5.41) is 5.76. The molecule has 0 aromatic carbocycles. The number of piperidine rings is 1. The Hall–Kier alpha value is -1.36. The molecule has 0 bridgehead atoms. The van der Waals surface area contributed by atoms with E-state index in [0.29, 0.717) is 6.54 Å². The molecule has 20 heavy (non-hydrogen) atoms. The molecule has 0 aromatic heterocycles. The lowest BCUT2D eigenvalue weighted by molar-refractivity contribution is -0.128. The van der Waals surface area contributed by atoms with E-state index in [1.54, 1.807) is 6.08 Å². The maximum Gasteiger partial charge on any atom is 0.237 e. The summed E-state index contributed by atoms with van der Waals surface area (Å²) in [6, 6.07) is -0.144. The van der Waals surface area contributed by atoms with E-state index in [2.05, 4.69) is 22.1 Å². The first kappa shape index (κ1) is 16.7. The molecule has 1 rings (SSSR count). The van der Waals surface area contributed by atoms with Crippen molar-refractivity contribution in [2.75, 3.05) is 26.2 Å². The molecule has 1 aliphatic rings. The molecule has 0 saturated carbocycles. The van der Waals surface area contributed by atoms with E-state index >= 15 is 0 Å². The molecule has 2 N–H and O–H groups in total. The van der Waals surface area contributed by atoms with Crippen LogP contribution < -0.4 is 10.6 Å². The van der Waals surface area contributed by atoms with Crippen molar-refractivity contribution in [2.45, 2.75) is 39.2 Å². The van der Waals surface area contributed by atoms with Crippen molar-refractivity contribution in [3.8, 4) is 0 Å². The lowest BCUT2D eigenvalue weighted by Crippen LogP contribution is -2.49. The quantitative estimate of drug-likeness (QED) is 0.682. The van der Waals surface area contributed by atoms with Crippen LogP contribution >= 0.6 is 0 Å².